The van der Waals surface area contributed by atoms with Crippen molar-refractivity contribution >= 4 is 28.9 Å². The van der Waals surface area contributed by atoms with Gasteiger partial charge in [-0.3, -0.25) is 0 Å². The molecule has 3 heterocycles. The lowest BCUT2D eigenvalue weighted by Crippen LogP contribution is -2.42. The number of H-pyrrole nitrogens is 1. The van der Waals surface area contributed by atoms with Crippen LogP contribution in [0, 0.1) is 5.92 Å². The minimum Gasteiger partial charge on any atom is -0.478 e. The summed E-state index contributed by atoms with van der Waals surface area (Å²) in [6, 6.07) is 4.51. The molecule has 0 radical (unpaired) electrons. The van der Waals surface area contributed by atoms with Crippen LogP contribution in [0.2, 0.25) is 0 Å². The number of fused-ring (bicyclic) bond motifs is 1. The molecule has 4 N–H and O–H groups in total. The number of hydrogen-bond donors (Lipinski definition) is 4. The highest BCUT2D eigenvalue weighted by Gasteiger charge is 2.36. The number of carbonyl (C=O) groups excluding carboxylic acids is 1. The summed E-state index contributed by atoms with van der Waals surface area (Å²) in [5.74, 6) is -0.472. The van der Waals surface area contributed by atoms with Gasteiger partial charge in [0.25, 0.3) is 0 Å². The molecule has 5 rings (SSSR count). The van der Waals surface area contributed by atoms with E-state index in [1.54, 1.807) is 4.90 Å². The SMILES string of the molecule is CC(C)(C)OC(=O)N1CCC(CCN[C@H]2CC[C@H](Nc3ncc(C(F)(F)F)c(-c4c[nH]c5cc(C(=O)O)ccc45)n3)C2)CC1. The highest BCUT2D eigenvalue weighted by molar-refractivity contribution is 5.99. The summed E-state index contributed by atoms with van der Waals surface area (Å²) in [5.41, 5.74) is -1.08. The van der Waals surface area contributed by atoms with Crippen LogP contribution in [0.1, 0.15) is 75.2 Å². The average molecular weight is 617 g/mol. The number of hydrogen-bond acceptors (Lipinski definition) is 7. The van der Waals surface area contributed by atoms with E-state index in [1.165, 1.54) is 24.4 Å². The quantitative estimate of drug-likeness (QED) is 0.232. The van der Waals surface area contributed by atoms with Crippen molar-refractivity contribution in [2.75, 3.05) is 25.0 Å². The lowest BCUT2D eigenvalue weighted by Gasteiger charge is -2.33. The second-order valence-electron chi connectivity index (χ2n) is 12.7. The summed E-state index contributed by atoms with van der Waals surface area (Å²) in [5, 5.41) is 16.5. The number of alkyl halides is 3. The van der Waals surface area contributed by atoms with Crippen molar-refractivity contribution in [3.05, 3.63) is 41.7 Å². The second kappa shape index (κ2) is 12.6. The third kappa shape index (κ3) is 7.61. The minimum absolute atomic E-state index is 0.00949. The molecular formula is C31H39F3N6O4. The van der Waals surface area contributed by atoms with Gasteiger partial charge in [-0.2, -0.15) is 13.2 Å². The van der Waals surface area contributed by atoms with E-state index in [1.807, 2.05) is 20.8 Å². The fourth-order valence-corrected chi connectivity index (χ4v) is 6.02. The van der Waals surface area contributed by atoms with Gasteiger partial charge in [-0.05, 0) is 83.9 Å². The van der Waals surface area contributed by atoms with E-state index in [9.17, 15) is 27.9 Å². The van der Waals surface area contributed by atoms with Crippen molar-refractivity contribution in [3.63, 3.8) is 0 Å². The van der Waals surface area contributed by atoms with Crippen LogP contribution < -0.4 is 10.6 Å². The molecule has 2 aliphatic rings. The van der Waals surface area contributed by atoms with Crippen molar-refractivity contribution in [2.45, 2.75) is 83.2 Å². The van der Waals surface area contributed by atoms with E-state index in [-0.39, 0.29) is 40.9 Å². The zero-order valence-corrected chi connectivity index (χ0v) is 25.1. The van der Waals surface area contributed by atoms with Crippen LogP contribution >= 0.6 is 0 Å². The molecule has 1 saturated heterocycles. The average Bonchev–Trinajstić information content (AvgIpc) is 3.58. The van der Waals surface area contributed by atoms with Gasteiger partial charge >= 0.3 is 18.2 Å². The highest BCUT2D eigenvalue weighted by Crippen LogP contribution is 2.39. The van der Waals surface area contributed by atoms with E-state index in [4.69, 9.17) is 4.74 Å². The lowest BCUT2D eigenvalue weighted by atomic mass is 9.93. The fourth-order valence-electron chi connectivity index (χ4n) is 6.02. The van der Waals surface area contributed by atoms with Gasteiger partial charge in [0.05, 0.1) is 11.3 Å². The third-order valence-corrected chi connectivity index (χ3v) is 8.30. The first-order chi connectivity index (χ1) is 20.8. The van der Waals surface area contributed by atoms with E-state index >= 15 is 0 Å². The zero-order chi connectivity index (χ0) is 31.6. The number of likely N-dealkylation sites (tertiary alicyclic amines) is 1. The maximum Gasteiger partial charge on any atom is 0.419 e. The van der Waals surface area contributed by atoms with E-state index < -0.39 is 23.3 Å². The maximum atomic E-state index is 13.9. The highest BCUT2D eigenvalue weighted by atomic mass is 19.4. The molecule has 44 heavy (non-hydrogen) atoms. The molecule has 3 aromatic rings. The van der Waals surface area contributed by atoms with Crippen molar-refractivity contribution in [3.8, 4) is 11.3 Å². The molecule has 0 unspecified atom stereocenters. The molecule has 2 aromatic heterocycles. The normalized spacial score (nSPS) is 19.8. The zero-order valence-electron chi connectivity index (χ0n) is 25.1. The number of aromatic carboxylic acids is 1. The first kappa shape index (κ1) is 31.6. The smallest absolute Gasteiger partial charge is 0.419 e. The van der Waals surface area contributed by atoms with Gasteiger partial charge in [-0.1, -0.05) is 6.07 Å². The van der Waals surface area contributed by atoms with Gasteiger partial charge < -0.3 is 30.4 Å². The van der Waals surface area contributed by atoms with Crippen LogP contribution in [0.5, 0.6) is 0 Å². The summed E-state index contributed by atoms with van der Waals surface area (Å²) >= 11 is 0. The number of anilines is 1. The van der Waals surface area contributed by atoms with Crippen LogP contribution in [0.25, 0.3) is 22.2 Å². The molecule has 1 aliphatic carbocycles. The van der Waals surface area contributed by atoms with Gasteiger partial charge in [0, 0.05) is 54.0 Å². The number of aromatic nitrogens is 3. The monoisotopic (exact) mass is 616 g/mol. The molecule has 2 fully saturated rings. The molecule has 238 valence electrons. The van der Waals surface area contributed by atoms with Crippen molar-refractivity contribution in [2.24, 2.45) is 5.92 Å². The molecule has 1 aliphatic heterocycles. The van der Waals surface area contributed by atoms with Gasteiger partial charge in [-0.15, -0.1) is 0 Å². The summed E-state index contributed by atoms with van der Waals surface area (Å²) in [4.78, 5) is 36.6. The molecule has 1 saturated carbocycles. The standard InChI is InChI=1S/C31H39F3N6O4/c1-30(2,3)44-29(43)40-12-9-18(10-13-40)8-11-35-20-5-6-21(15-20)38-28-37-17-24(31(32,33)34)26(39-28)23-16-36-25-14-19(27(41)42)4-7-22(23)25/h4,7,14,16-18,20-21,35-36H,5-6,8-13,15H2,1-3H3,(H,41,42)(H,37,38,39)/t20-,21-/m0/s1. The number of benzene rings is 1. The molecule has 1 amide bonds. The molecule has 13 heteroatoms. The van der Waals surface area contributed by atoms with Gasteiger partial charge in [0.15, 0.2) is 0 Å². The number of amides is 1. The predicted octanol–water partition coefficient (Wildman–Crippen LogP) is 6.30. The lowest BCUT2D eigenvalue weighted by molar-refractivity contribution is -0.137. The summed E-state index contributed by atoms with van der Waals surface area (Å²) in [7, 11) is 0. The summed E-state index contributed by atoms with van der Waals surface area (Å²) < 4.78 is 47.3. The minimum atomic E-state index is -4.67. The van der Waals surface area contributed by atoms with E-state index in [0.29, 0.717) is 29.9 Å². The van der Waals surface area contributed by atoms with Gasteiger partial charge in [0.2, 0.25) is 5.95 Å². The van der Waals surface area contributed by atoms with Crippen molar-refractivity contribution in [1.82, 2.24) is 25.2 Å². The molecule has 2 atom stereocenters. The number of carbonyl (C=O) groups is 2. The van der Waals surface area contributed by atoms with Crippen molar-refractivity contribution < 1.29 is 32.6 Å². The number of ether oxygens (including phenoxy) is 1. The second-order valence-corrected chi connectivity index (χ2v) is 12.7. The molecule has 0 spiro atoms. The number of carboxylic acids is 1. The van der Waals surface area contributed by atoms with Crippen LogP contribution in [-0.4, -0.2) is 74.3 Å². The molecule has 1 aromatic carbocycles. The van der Waals surface area contributed by atoms with Crippen LogP contribution in [0.3, 0.4) is 0 Å². The maximum absolute atomic E-state index is 13.9. The van der Waals surface area contributed by atoms with E-state index in [0.717, 1.165) is 51.3 Å². The third-order valence-electron chi connectivity index (χ3n) is 8.30. The van der Waals surface area contributed by atoms with Crippen molar-refractivity contribution in [1.29, 1.82) is 0 Å². The van der Waals surface area contributed by atoms with Crippen LogP contribution in [-0.2, 0) is 10.9 Å². The Balaban J connectivity index is 1.16. The van der Waals surface area contributed by atoms with Crippen LogP contribution in [0.4, 0.5) is 23.9 Å². The summed E-state index contributed by atoms with van der Waals surface area (Å²) in [6.45, 7) is 7.86. The Bertz CT molecular complexity index is 1490. The van der Waals surface area contributed by atoms with Gasteiger partial charge in [-0.25, -0.2) is 19.6 Å². The number of piperidine rings is 1. The van der Waals surface area contributed by atoms with Crippen LogP contribution in [0.15, 0.2) is 30.6 Å². The Morgan fingerprint density at radius 1 is 1.11 bits per heavy atom. The Hall–Kier alpha value is -3.87. The Labute approximate surface area is 253 Å². The number of rotatable bonds is 8. The molecule has 0 bridgehead atoms. The molecular weight excluding hydrogens is 577 g/mol. The van der Waals surface area contributed by atoms with E-state index in [2.05, 4.69) is 25.6 Å². The van der Waals surface area contributed by atoms with Gasteiger partial charge in [0.1, 0.15) is 11.2 Å². The molecule has 10 nitrogen and oxygen atoms in total. The Morgan fingerprint density at radius 2 is 1.84 bits per heavy atom. The number of aromatic amines is 1. The Kier molecular flexibility index (Phi) is 9.05. The number of nitrogens with zero attached hydrogens (tertiary/aromatic N) is 3. The fraction of sp³-hybridized carbons (Fsp3) is 0.548. The first-order valence-electron chi connectivity index (χ1n) is 15.0. The number of halogens is 3. The summed E-state index contributed by atoms with van der Waals surface area (Å²) in [6.07, 6.45) is 2.74. The predicted molar refractivity (Wildman–Crippen MR) is 159 cm³/mol. The first-order valence-corrected chi connectivity index (χ1v) is 15.0. The number of nitrogens with one attached hydrogen (secondary N) is 3. The number of carboxylic acid groups (broad SMARTS) is 1. The largest absolute Gasteiger partial charge is 0.478 e. The topological polar surface area (TPSA) is 132 Å². The Morgan fingerprint density at radius 3 is 2.52 bits per heavy atom.